The molecule has 0 saturated heterocycles. The molecule has 0 amide bonds. The molecule has 0 aliphatic rings. The van der Waals surface area contributed by atoms with Crippen LogP contribution in [0.3, 0.4) is 0 Å². The van der Waals surface area contributed by atoms with E-state index in [9.17, 15) is 4.79 Å². The van der Waals surface area contributed by atoms with E-state index in [1.54, 1.807) is 13.0 Å². The molecule has 0 bridgehead atoms. The molecule has 84 valence electrons. The van der Waals surface area contributed by atoms with E-state index < -0.39 is 5.97 Å². The Balaban J connectivity index is 2.67. The summed E-state index contributed by atoms with van der Waals surface area (Å²) in [4.78, 5) is 10.7. The molecule has 1 aromatic carbocycles. The first-order chi connectivity index (χ1) is 7.65. The number of carboxylic acid groups (broad SMARTS) is 1. The fraction of sp³-hybridized carbons (Fsp3) is 0.250. The van der Waals surface area contributed by atoms with E-state index in [1.807, 2.05) is 0 Å². The third-order valence-corrected chi connectivity index (χ3v) is 2.27. The number of hydrogen-bond donors (Lipinski definition) is 2. The van der Waals surface area contributed by atoms with Crippen molar-refractivity contribution in [2.75, 3.05) is 11.9 Å². The molecule has 16 heavy (non-hydrogen) atoms. The van der Waals surface area contributed by atoms with E-state index in [-0.39, 0.29) is 5.56 Å². The van der Waals surface area contributed by atoms with Crippen LogP contribution in [0.25, 0.3) is 0 Å². The molecule has 3 nitrogen and oxygen atoms in total. The lowest BCUT2D eigenvalue weighted by Gasteiger charge is -2.07. The summed E-state index contributed by atoms with van der Waals surface area (Å²) in [6, 6.07) is 4.60. The Kier molecular flexibility index (Phi) is 4.68. The van der Waals surface area contributed by atoms with Gasteiger partial charge in [-0.3, -0.25) is 0 Å². The maximum atomic E-state index is 10.7. The van der Waals surface area contributed by atoms with Crippen LogP contribution in [-0.2, 0) is 0 Å². The number of anilines is 1. The second-order valence-corrected chi connectivity index (χ2v) is 3.51. The number of carbonyl (C=O) groups is 1. The van der Waals surface area contributed by atoms with Gasteiger partial charge in [0.05, 0.1) is 16.3 Å². The van der Waals surface area contributed by atoms with E-state index in [0.717, 1.165) is 12.1 Å². The van der Waals surface area contributed by atoms with Gasteiger partial charge in [-0.2, -0.15) is 0 Å². The maximum absolute atomic E-state index is 10.7. The molecule has 0 fully saturated rings. The summed E-state index contributed by atoms with van der Waals surface area (Å²) in [6.07, 6.45) is 0.730. The third kappa shape index (κ3) is 3.48. The second kappa shape index (κ2) is 6.04. The fourth-order valence-electron chi connectivity index (χ4n) is 1.18. The number of rotatable bonds is 4. The van der Waals surface area contributed by atoms with Crippen LogP contribution >= 0.6 is 11.6 Å². The van der Waals surface area contributed by atoms with Gasteiger partial charge in [0, 0.05) is 13.0 Å². The number of nitrogens with one attached hydrogen (secondary N) is 1. The summed E-state index contributed by atoms with van der Waals surface area (Å²) in [5.41, 5.74) is 0.911. The third-order valence-electron chi connectivity index (χ3n) is 1.96. The Bertz CT molecular complexity index is 446. The molecule has 1 aromatic rings. The lowest BCUT2D eigenvalue weighted by Crippen LogP contribution is -2.02. The monoisotopic (exact) mass is 237 g/mol. The topological polar surface area (TPSA) is 49.3 Å². The van der Waals surface area contributed by atoms with Crippen molar-refractivity contribution in [2.45, 2.75) is 13.3 Å². The van der Waals surface area contributed by atoms with Crippen molar-refractivity contribution < 1.29 is 9.90 Å². The van der Waals surface area contributed by atoms with Crippen molar-refractivity contribution >= 4 is 23.3 Å². The standard InChI is InChI=1S/C12H12ClNO2/c1-2-3-4-7-14-11-6-5-9(12(15)16)8-10(11)13/h5-6,8,14H,4,7H2,1H3,(H,15,16). The van der Waals surface area contributed by atoms with Gasteiger partial charge in [-0.1, -0.05) is 11.6 Å². The number of aromatic carboxylic acids is 1. The Morgan fingerprint density at radius 2 is 2.31 bits per heavy atom. The first kappa shape index (κ1) is 12.4. The average molecular weight is 238 g/mol. The van der Waals surface area contributed by atoms with Crippen molar-refractivity contribution in [2.24, 2.45) is 0 Å². The molecule has 2 N–H and O–H groups in total. The van der Waals surface area contributed by atoms with Gasteiger partial charge in [-0.15, -0.1) is 11.8 Å². The molecule has 0 heterocycles. The first-order valence-corrected chi connectivity index (χ1v) is 5.19. The predicted octanol–water partition coefficient (Wildman–Crippen LogP) is 2.86. The van der Waals surface area contributed by atoms with Crippen molar-refractivity contribution in [3.05, 3.63) is 28.8 Å². The van der Waals surface area contributed by atoms with Crippen LogP contribution in [0.5, 0.6) is 0 Å². The van der Waals surface area contributed by atoms with Crippen LogP contribution in [0.2, 0.25) is 5.02 Å². The normalized spacial score (nSPS) is 9.12. The summed E-state index contributed by atoms with van der Waals surface area (Å²) in [7, 11) is 0. The molecule has 0 spiro atoms. The quantitative estimate of drug-likeness (QED) is 0.625. The minimum Gasteiger partial charge on any atom is -0.478 e. The van der Waals surface area contributed by atoms with Crippen molar-refractivity contribution in [3.8, 4) is 11.8 Å². The Morgan fingerprint density at radius 1 is 1.56 bits per heavy atom. The molecule has 0 aliphatic carbocycles. The summed E-state index contributed by atoms with van der Waals surface area (Å²) in [5.74, 6) is 4.73. The molecular formula is C12H12ClNO2. The van der Waals surface area contributed by atoms with Gasteiger partial charge in [-0.05, 0) is 25.1 Å². The molecule has 4 heteroatoms. The van der Waals surface area contributed by atoms with Gasteiger partial charge in [0.25, 0.3) is 0 Å². The molecule has 0 atom stereocenters. The molecule has 0 radical (unpaired) electrons. The van der Waals surface area contributed by atoms with Gasteiger partial charge in [-0.25, -0.2) is 4.79 Å². The molecule has 0 aliphatic heterocycles. The molecule has 1 rings (SSSR count). The smallest absolute Gasteiger partial charge is 0.335 e. The van der Waals surface area contributed by atoms with E-state index in [0.29, 0.717) is 11.6 Å². The molecule has 0 saturated carbocycles. The maximum Gasteiger partial charge on any atom is 0.335 e. The highest BCUT2D eigenvalue weighted by Gasteiger charge is 2.06. The van der Waals surface area contributed by atoms with Crippen LogP contribution in [-0.4, -0.2) is 17.6 Å². The van der Waals surface area contributed by atoms with Crippen molar-refractivity contribution in [3.63, 3.8) is 0 Å². The van der Waals surface area contributed by atoms with Crippen LogP contribution in [0.4, 0.5) is 5.69 Å². The predicted molar refractivity (Wildman–Crippen MR) is 65.0 cm³/mol. The van der Waals surface area contributed by atoms with Gasteiger partial charge in [0.2, 0.25) is 0 Å². The summed E-state index contributed by atoms with van der Waals surface area (Å²) < 4.78 is 0. The fourth-order valence-corrected chi connectivity index (χ4v) is 1.42. The zero-order valence-electron chi connectivity index (χ0n) is 8.88. The minimum atomic E-state index is -0.981. The van der Waals surface area contributed by atoms with Gasteiger partial charge >= 0.3 is 5.97 Å². The Hall–Kier alpha value is -1.66. The summed E-state index contributed by atoms with van der Waals surface area (Å²) in [6.45, 7) is 2.47. The van der Waals surface area contributed by atoms with E-state index in [4.69, 9.17) is 16.7 Å². The van der Waals surface area contributed by atoms with Crippen LogP contribution < -0.4 is 5.32 Å². The zero-order chi connectivity index (χ0) is 12.0. The number of carboxylic acids is 1. The molecule has 0 unspecified atom stereocenters. The second-order valence-electron chi connectivity index (χ2n) is 3.10. The van der Waals surface area contributed by atoms with E-state index in [2.05, 4.69) is 17.2 Å². The van der Waals surface area contributed by atoms with Gasteiger partial charge in [0.15, 0.2) is 0 Å². The highest BCUT2D eigenvalue weighted by molar-refractivity contribution is 6.33. The van der Waals surface area contributed by atoms with Crippen molar-refractivity contribution in [1.82, 2.24) is 0 Å². The Morgan fingerprint density at radius 3 is 2.88 bits per heavy atom. The lowest BCUT2D eigenvalue weighted by molar-refractivity contribution is 0.0697. The highest BCUT2D eigenvalue weighted by atomic mass is 35.5. The Labute approximate surface area is 99.4 Å². The van der Waals surface area contributed by atoms with Gasteiger partial charge < -0.3 is 10.4 Å². The summed E-state index contributed by atoms with van der Waals surface area (Å²) in [5, 5.41) is 12.2. The molecular weight excluding hydrogens is 226 g/mol. The SMILES string of the molecule is CC#CCCNc1ccc(C(=O)O)cc1Cl. The van der Waals surface area contributed by atoms with Crippen LogP contribution in [0.1, 0.15) is 23.7 Å². The van der Waals surface area contributed by atoms with Gasteiger partial charge in [0.1, 0.15) is 0 Å². The van der Waals surface area contributed by atoms with Crippen molar-refractivity contribution in [1.29, 1.82) is 0 Å². The number of benzene rings is 1. The summed E-state index contributed by atoms with van der Waals surface area (Å²) >= 11 is 5.92. The van der Waals surface area contributed by atoms with E-state index >= 15 is 0 Å². The minimum absolute atomic E-state index is 0.184. The first-order valence-electron chi connectivity index (χ1n) is 4.81. The van der Waals surface area contributed by atoms with Crippen LogP contribution in [0.15, 0.2) is 18.2 Å². The van der Waals surface area contributed by atoms with E-state index in [1.165, 1.54) is 12.1 Å². The highest BCUT2D eigenvalue weighted by Crippen LogP contribution is 2.22. The molecule has 0 aromatic heterocycles. The number of halogens is 1. The van der Waals surface area contributed by atoms with Crippen LogP contribution in [0, 0.1) is 11.8 Å². The lowest BCUT2D eigenvalue weighted by atomic mass is 10.2. The largest absolute Gasteiger partial charge is 0.478 e. The number of hydrogen-bond acceptors (Lipinski definition) is 2. The zero-order valence-corrected chi connectivity index (χ0v) is 9.64. The average Bonchev–Trinajstić information content (AvgIpc) is 2.26.